The molecule has 2 rings (SSSR count). The second-order valence-electron chi connectivity index (χ2n) is 8.21. The smallest absolute Gasteiger partial charge is 0.244 e. The fourth-order valence-electron chi connectivity index (χ4n) is 3.04. The summed E-state index contributed by atoms with van der Waals surface area (Å²) >= 11 is 5.90. The average Bonchev–Trinajstić information content (AvgIpc) is 2.74. The average molecular weight is 498 g/mol. The number of carbonyl (C=O) groups is 2. The maximum absolute atomic E-state index is 13.3. The molecule has 2 aromatic carbocycles. The van der Waals surface area contributed by atoms with Crippen LogP contribution in [0.2, 0.25) is 5.02 Å². The molecule has 0 saturated heterocycles. The largest absolute Gasteiger partial charge is 0.354 e. The van der Waals surface area contributed by atoms with E-state index in [2.05, 4.69) is 5.32 Å². The second kappa shape index (κ2) is 11.5. The molecule has 1 unspecified atom stereocenters. The first-order valence-electron chi connectivity index (χ1n) is 10.4. The van der Waals surface area contributed by atoms with E-state index in [9.17, 15) is 22.4 Å². The SMILES string of the molecule is CC(C)CNC(=O)C(C)N(Cc1ccc(F)cc1)C(=O)CN(c1ccc(Cl)cc1)S(C)(=O)=O. The normalized spacial score (nSPS) is 12.3. The van der Waals surface area contributed by atoms with Crippen molar-refractivity contribution in [3.05, 3.63) is 64.9 Å². The van der Waals surface area contributed by atoms with Crippen LogP contribution in [0, 0.1) is 11.7 Å². The number of benzene rings is 2. The molecule has 0 aliphatic carbocycles. The van der Waals surface area contributed by atoms with Crippen LogP contribution in [0.4, 0.5) is 10.1 Å². The van der Waals surface area contributed by atoms with Gasteiger partial charge in [-0.1, -0.05) is 37.6 Å². The van der Waals surface area contributed by atoms with Crippen LogP contribution in [-0.2, 0) is 26.2 Å². The van der Waals surface area contributed by atoms with Gasteiger partial charge >= 0.3 is 0 Å². The third kappa shape index (κ3) is 8.01. The molecule has 7 nitrogen and oxygen atoms in total. The molecule has 0 aromatic heterocycles. The molecular formula is C23H29ClFN3O4S. The highest BCUT2D eigenvalue weighted by Gasteiger charge is 2.30. The summed E-state index contributed by atoms with van der Waals surface area (Å²) in [6.07, 6.45) is 0.998. The van der Waals surface area contributed by atoms with Crippen LogP contribution in [0.5, 0.6) is 0 Å². The highest BCUT2D eigenvalue weighted by molar-refractivity contribution is 7.92. The first kappa shape index (κ1) is 26.6. The van der Waals surface area contributed by atoms with Crippen LogP contribution in [0.15, 0.2) is 48.5 Å². The Morgan fingerprint density at radius 1 is 1.03 bits per heavy atom. The van der Waals surface area contributed by atoms with Gasteiger partial charge in [-0.2, -0.15) is 0 Å². The summed E-state index contributed by atoms with van der Waals surface area (Å²) in [7, 11) is -3.81. The summed E-state index contributed by atoms with van der Waals surface area (Å²) in [6, 6.07) is 10.7. The summed E-state index contributed by atoms with van der Waals surface area (Å²) in [5, 5.41) is 3.22. The van der Waals surface area contributed by atoms with Gasteiger partial charge < -0.3 is 10.2 Å². The summed E-state index contributed by atoms with van der Waals surface area (Å²) < 4.78 is 39.2. The van der Waals surface area contributed by atoms with Gasteiger partial charge in [0.1, 0.15) is 18.4 Å². The van der Waals surface area contributed by atoms with Crippen molar-refractivity contribution < 1.29 is 22.4 Å². The van der Waals surface area contributed by atoms with Crippen molar-refractivity contribution in [3.63, 3.8) is 0 Å². The Labute approximate surface area is 199 Å². The maximum atomic E-state index is 13.3. The van der Waals surface area contributed by atoms with Crippen molar-refractivity contribution >= 4 is 39.1 Å². The van der Waals surface area contributed by atoms with Crippen LogP contribution in [-0.4, -0.2) is 50.5 Å². The third-order valence-corrected chi connectivity index (χ3v) is 6.30. The lowest BCUT2D eigenvalue weighted by Gasteiger charge is -2.31. The molecule has 10 heteroatoms. The Morgan fingerprint density at radius 3 is 2.12 bits per heavy atom. The van der Waals surface area contributed by atoms with E-state index < -0.39 is 34.3 Å². The summed E-state index contributed by atoms with van der Waals surface area (Å²) in [5.74, 6) is -1.15. The lowest BCUT2D eigenvalue weighted by atomic mass is 10.1. The van der Waals surface area contributed by atoms with Gasteiger partial charge in [-0.05, 0) is 54.8 Å². The maximum Gasteiger partial charge on any atom is 0.244 e. The van der Waals surface area contributed by atoms with E-state index in [1.165, 1.54) is 53.4 Å². The zero-order valence-corrected chi connectivity index (χ0v) is 20.7. The fourth-order valence-corrected chi connectivity index (χ4v) is 4.02. The van der Waals surface area contributed by atoms with Gasteiger partial charge in [-0.25, -0.2) is 12.8 Å². The highest BCUT2D eigenvalue weighted by atomic mass is 35.5. The van der Waals surface area contributed by atoms with Gasteiger partial charge in [0.05, 0.1) is 11.9 Å². The molecule has 0 heterocycles. The van der Waals surface area contributed by atoms with Gasteiger partial charge in [-0.3, -0.25) is 13.9 Å². The van der Waals surface area contributed by atoms with E-state index in [0.717, 1.165) is 10.6 Å². The topological polar surface area (TPSA) is 86.8 Å². The zero-order chi connectivity index (χ0) is 24.8. The fraction of sp³-hybridized carbons (Fsp3) is 0.391. The number of halogens is 2. The molecule has 33 heavy (non-hydrogen) atoms. The zero-order valence-electron chi connectivity index (χ0n) is 19.1. The monoisotopic (exact) mass is 497 g/mol. The van der Waals surface area contributed by atoms with Gasteiger partial charge in [0.25, 0.3) is 0 Å². The minimum atomic E-state index is -3.81. The Bertz CT molecular complexity index is 1060. The first-order chi connectivity index (χ1) is 15.4. The number of sulfonamides is 1. The number of nitrogens with one attached hydrogen (secondary N) is 1. The Morgan fingerprint density at radius 2 is 1.61 bits per heavy atom. The van der Waals surface area contributed by atoms with Crippen LogP contribution in [0.25, 0.3) is 0 Å². The highest BCUT2D eigenvalue weighted by Crippen LogP contribution is 2.21. The predicted octanol–water partition coefficient (Wildman–Crippen LogP) is 3.43. The molecule has 0 radical (unpaired) electrons. The number of nitrogens with zero attached hydrogens (tertiary/aromatic N) is 2. The van der Waals surface area contributed by atoms with E-state index in [-0.39, 0.29) is 24.1 Å². The molecule has 1 atom stereocenters. The standard InChI is InChI=1S/C23H29ClFN3O4S/c1-16(2)13-26-23(30)17(3)27(14-18-5-9-20(25)10-6-18)22(29)15-28(33(4,31)32)21-11-7-19(24)8-12-21/h5-12,16-17H,13-15H2,1-4H3,(H,26,30). The molecule has 0 bridgehead atoms. The Kier molecular flexibility index (Phi) is 9.25. The van der Waals surface area contributed by atoms with Crippen LogP contribution in [0.3, 0.4) is 0 Å². The van der Waals surface area contributed by atoms with E-state index in [0.29, 0.717) is 17.1 Å². The van der Waals surface area contributed by atoms with Crippen molar-refractivity contribution in [2.45, 2.75) is 33.4 Å². The third-order valence-electron chi connectivity index (χ3n) is 4.91. The van der Waals surface area contributed by atoms with E-state index >= 15 is 0 Å². The van der Waals surface area contributed by atoms with Crippen molar-refractivity contribution in [2.24, 2.45) is 5.92 Å². The molecule has 0 aliphatic heterocycles. The quantitative estimate of drug-likeness (QED) is 0.544. The van der Waals surface area contributed by atoms with Crippen LogP contribution < -0.4 is 9.62 Å². The second-order valence-corrected chi connectivity index (χ2v) is 10.6. The van der Waals surface area contributed by atoms with Crippen molar-refractivity contribution in [2.75, 3.05) is 23.7 Å². The number of rotatable bonds is 10. The molecule has 2 aromatic rings. The molecule has 180 valence electrons. The number of carbonyl (C=O) groups excluding carboxylic acids is 2. The molecule has 0 fully saturated rings. The number of hydrogen-bond donors (Lipinski definition) is 1. The number of anilines is 1. The summed E-state index contributed by atoms with van der Waals surface area (Å²) in [4.78, 5) is 27.3. The lowest BCUT2D eigenvalue weighted by molar-refractivity contribution is -0.139. The van der Waals surface area contributed by atoms with Gasteiger partial charge in [-0.15, -0.1) is 0 Å². The number of hydrogen-bond acceptors (Lipinski definition) is 4. The minimum Gasteiger partial charge on any atom is -0.354 e. The summed E-state index contributed by atoms with van der Waals surface area (Å²) in [5.41, 5.74) is 0.875. The minimum absolute atomic E-state index is 0.00754. The van der Waals surface area contributed by atoms with Crippen LogP contribution in [0.1, 0.15) is 26.3 Å². The van der Waals surface area contributed by atoms with Gasteiger partial charge in [0.15, 0.2) is 0 Å². The Balaban J connectivity index is 2.34. The predicted molar refractivity (Wildman–Crippen MR) is 128 cm³/mol. The van der Waals surface area contributed by atoms with Crippen molar-refractivity contribution in [1.82, 2.24) is 10.2 Å². The van der Waals surface area contributed by atoms with Gasteiger partial charge in [0, 0.05) is 18.1 Å². The van der Waals surface area contributed by atoms with E-state index in [4.69, 9.17) is 11.6 Å². The molecule has 1 N–H and O–H groups in total. The van der Waals surface area contributed by atoms with E-state index in [1.807, 2.05) is 13.8 Å². The molecule has 0 saturated carbocycles. The molecule has 2 amide bonds. The van der Waals surface area contributed by atoms with Gasteiger partial charge in [0.2, 0.25) is 21.8 Å². The lowest BCUT2D eigenvalue weighted by Crippen LogP contribution is -2.51. The first-order valence-corrected chi connectivity index (χ1v) is 12.7. The van der Waals surface area contributed by atoms with E-state index in [1.54, 1.807) is 6.92 Å². The molecule has 0 aliphatic rings. The Hall–Kier alpha value is -2.65. The molecular weight excluding hydrogens is 469 g/mol. The van der Waals surface area contributed by atoms with Crippen LogP contribution >= 0.6 is 11.6 Å². The number of amides is 2. The summed E-state index contributed by atoms with van der Waals surface area (Å²) in [6.45, 7) is 5.40. The molecule has 0 spiro atoms. The van der Waals surface area contributed by atoms with Crippen molar-refractivity contribution in [1.29, 1.82) is 0 Å². The van der Waals surface area contributed by atoms with Crippen molar-refractivity contribution in [3.8, 4) is 0 Å².